The van der Waals surface area contributed by atoms with Gasteiger partial charge in [0.2, 0.25) is 5.91 Å². The Labute approximate surface area is 260 Å². The van der Waals surface area contributed by atoms with Crippen molar-refractivity contribution in [3.8, 4) is 11.8 Å². The molecule has 3 amide bonds. The van der Waals surface area contributed by atoms with Crippen molar-refractivity contribution in [2.75, 3.05) is 79.5 Å². The van der Waals surface area contributed by atoms with Crippen LogP contribution in [0.25, 0.3) is 0 Å². The van der Waals surface area contributed by atoms with E-state index >= 15 is 0 Å². The molecule has 0 saturated carbocycles. The Morgan fingerprint density at radius 2 is 1.48 bits per heavy atom. The van der Waals surface area contributed by atoms with Crippen molar-refractivity contribution in [1.82, 2.24) is 21.3 Å². The van der Waals surface area contributed by atoms with Crippen molar-refractivity contribution in [2.45, 2.75) is 50.4 Å². The highest BCUT2D eigenvalue weighted by molar-refractivity contribution is 8.76. The van der Waals surface area contributed by atoms with E-state index in [4.69, 9.17) is 18.9 Å². The first-order chi connectivity index (χ1) is 20.4. The van der Waals surface area contributed by atoms with Crippen LogP contribution in [0.1, 0.15) is 39.2 Å². The molecule has 4 N–H and O–H groups in total. The van der Waals surface area contributed by atoms with Crippen LogP contribution in [0.5, 0.6) is 0 Å². The quantitative estimate of drug-likeness (QED) is 0.0592. The Morgan fingerprint density at radius 1 is 0.810 bits per heavy atom. The lowest BCUT2D eigenvalue weighted by Gasteiger charge is -2.12. The van der Waals surface area contributed by atoms with Gasteiger partial charge in [-0.2, -0.15) is 0 Å². The fraction of sp³-hybridized carbons (Fsp3) is 0.667. The van der Waals surface area contributed by atoms with Crippen LogP contribution in [0, 0.1) is 17.8 Å². The van der Waals surface area contributed by atoms with Gasteiger partial charge in [-0.3, -0.25) is 4.79 Å². The largest absolute Gasteiger partial charge is 0.378 e. The van der Waals surface area contributed by atoms with E-state index in [2.05, 4.69) is 33.1 Å². The fourth-order valence-electron chi connectivity index (χ4n) is 3.16. The van der Waals surface area contributed by atoms with Gasteiger partial charge in [0, 0.05) is 37.1 Å². The summed E-state index contributed by atoms with van der Waals surface area (Å²) in [7, 11) is 5.18. The fourth-order valence-corrected chi connectivity index (χ4v) is 5.05. The maximum atomic E-state index is 12.2. The Bertz CT molecular complexity index is 896. The predicted octanol–water partition coefficient (Wildman–Crippen LogP) is 3.46. The van der Waals surface area contributed by atoms with Gasteiger partial charge in [0.05, 0.1) is 52.6 Å². The number of amides is 3. The van der Waals surface area contributed by atoms with Gasteiger partial charge in [-0.05, 0) is 44.5 Å². The zero-order valence-electron chi connectivity index (χ0n) is 25.6. The van der Waals surface area contributed by atoms with E-state index in [0.29, 0.717) is 78.2 Å². The van der Waals surface area contributed by atoms with Crippen molar-refractivity contribution in [2.24, 2.45) is 5.92 Å². The molecule has 1 unspecified atom stereocenters. The van der Waals surface area contributed by atoms with Crippen molar-refractivity contribution in [1.29, 1.82) is 0 Å². The molecule has 0 aliphatic rings. The molecule has 0 aliphatic carbocycles. The Hall–Kier alpha value is -1.98. The molecular formula is C30H50N4O6S2. The molecule has 0 saturated heterocycles. The highest BCUT2D eigenvalue weighted by Gasteiger charge is 2.07. The van der Waals surface area contributed by atoms with Gasteiger partial charge >= 0.3 is 6.03 Å². The number of hydrogen-bond acceptors (Lipinski definition) is 9. The summed E-state index contributed by atoms with van der Waals surface area (Å²) >= 11 is 0. The molecule has 1 aromatic carbocycles. The number of benzene rings is 1. The molecule has 1 rings (SSSR count). The molecule has 0 heterocycles. The maximum absolute atomic E-state index is 12.2. The van der Waals surface area contributed by atoms with E-state index in [1.54, 1.807) is 21.6 Å². The van der Waals surface area contributed by atoms with Gasteiger partial charge in [0.1, 0.15) is 5.44 Å². The smallest absolute Gasteiger partial charge is 0.315 e. The first-order valence-electron chi connectivity index (χ1n) is 14.6. The first kappa shape index (κ1) is 38.0. The van der Waals surface area contributed by atoms with Crippen LogP contribution in [0.2, 0.25) is 0 Å². The first-order valence-corrected chi connectivity index (χ1v) is 16.8. The van der Waals surface area contributed by atoms with Gasteiger partial charge < -0.3 is 40.2 Å². The Kier molecular flexibility index (Phi) is 24.1. The summed E-state index contributed by atoms with van der Waals surface area (Å²) in [6, 6.07) is 7.80. The van der Waals surface area contributed by atoms with E-state index in [0.717, 1.165) is 29.8 Å². The number of carbonyl (C=O) groups is 2. The van der Waals surface area contributed by atoms with E-state index in [9.17, 15) is 9.59 Å². The van der Waals surface area contributed by atoms with Crippen molar-refractivity contribution in [3.05, 3.63) is 29.8 Å². The Balaban J connectivity index is 2.02. The van der Waals surface area contributed by atoms with Crippen LogP contribution in [0.15, 0.2) is 29.2 Å². The van der Waals surface area contributed by atoms with Gasteiger partial charge in [0.25, 0.3) is 0 Å². The standard InChI is InChI=1S/C30H50N4O6S2/c1-25(2)8-7-14-34-30(36)33-13-5-6-17-40-26(3)41-42-28-11-9-27(10-12-28)24-29(35)32-16-19-38-21-23-39-22-20-37-18-15-31-4/h9-12,25-26,31H,5-6,13-24H2,1-4H3,(H,32,35)(H2,33,34,36). The summed E-state index contributed by atoms with van der Waals surface area (Å²) in [5.74, 6) is 6.20. The second kappa shape index (κ2) is 26.6. The highest BCUT2D eigenvalue weighted by Crippen LogP contribution is 2.34. The second-order valence-corrected chi connectivity index (χ2v) is 12.1. The average molecular weight is 627 g/mol. The summed E-state index contributed by atoms with van der Waals surface area (Å²) < 4.78 is 22.1. The van der Waals surface area contributed by atoms with Crippen molar-refractivity contribution in [3.63, 3.8) is 0 Å². The number of rotatable bonds is 24. The number of nitrogens with one attached hydrogen (secondary N) is 4. The van der Waals surface area contributed by atoms with Crippen LogP contribution in [-0.4, -0.2) is 96.8 Å². The lowest BCUT2D eigenvalue weighted by atomic mass is 10.1. The summed E-state index contributed by atoms with van der Waals surface area (Å²) in [4.78, 5) is 25.0. The molecule has 0 radical (unpaired) electrons. The summed E-state index contributed by atoms with van der Waals surface area (Å²) in [5, 5.41) is 11.4. The molecule has 0 aromatic heterocycles. The number of likely N-dealkylation sites (N-methyl/N-ethyl adjacent to an activating group) is 1. The summed E-state index contributed by atoms with van der Waals surface area (Å²) in [6.45, 7) is 12.2. The highest BCUT2D eigenvalue weighted by atomic mass is 33.1. The molecule has 42 heavy (non-hydrogen) atoms. The topological polar surface area (TPSA) is 119 Å². The lowest BCUT2D eigenvalue weighted by molar-refractivity contribution is -0.120. The third-order valence-electron chi connectivity index (χ3n) is 5.31. The minimum atomic E-state index is -0.193. The molecule has 12 heteroatoms. The zero-order chi connectivity index (χ0) is 30.7. The lowest BCUT2D eigenvalue weighted by Crippen LogP contribution is -2.36. The van der Waals surface area contributed by atoms with Gasteiger partial charge in [-0.1, -0.05) is 59.4 Å². The molecular weight excluding hydrogens is 576 g/mol. The number of unbranched alkanes of at least 4 members (excludes halogenated alkanes) is 1. The third kappa shape index (κ3) is 23.6. The molecule has 0 aliphatic heterocycles. The molecule has 10 nitrogen and oxygen atoms in total. The van der Waals surface area contributed by atoms with E-state index in [1.807, 2.05) is 52.1 Å². The van der Waals surface area contributed by atoms with E-state index < -0.39 is 0 Å². The monoisotopic (exact) mass is 626 g/mol. The molecule has 0 spiro atoms. The van der Waals surface area contributed by atoms with Crippen molar-refractivity contribution >= 4 is 33.5 Å². The summed E-state index contributed by atoms with van der Waals surface area (Å²) in [5.41, 5.74) is 0.996. The zero-order valence-corrected chi connectivity index (χ0v) is 27.3. The molecule has 0 fully saturated rings. The summed E-state index contributed by atoms with van der Waals surface area (Å²) in [6.07, 6.45) is 2.05. The van der Waals surface area contributed by atoms with Crippen LogP contribution < -0.4 is 21.3 Å². The number of hydrogen-bond donors (Lipinski definition) is 4. The van der Waals surface area contributed by atoms with Crippen LogP contribution in [-0.2, 0) is 30.2 Å². The number of urea groups is 1. The normalized spacial score (nSPS) is 11.5. The van der Waals surface area contributed by atoms with Gasteiger partial charge in [-0.15, -0.1) is 0 Å². The molecule has 1 atom stereocenters. The average Bonchev–Trinajstić information content (AvgIpc) is 2.97. The van der Waals surface area contributed by atoms with Crippen LogP contribution in [0.3, 0.4) is 0 Å². The van der Waals surface area contributed by atoms with E-state index in [-0.39, 0.29) is 17.4 Å². The molecule has 238 valence electrons. The van der Waals surface area contributed by atoms with E-state index in [1.165, 1.54) is 0 Å². The number of carbonyl (C=O) groups excluding carboxylic acids is 2. The van der Waals surface area contributed by atoms with Gasteiger partial charge in [0.15, 0.2) is 0 Å². The van der Waals surface area contributed by atoms with Crippen LogP contribution >= 0.6 is 21.6 Å². The van der Waals surface area contributed by atoms with Crippen molar-refractivity contribution < 1.29 is 28.5 Å². The van der Waals surface area contributed by atoms with Crippen LogP contribution in [0.4, 0.5) is 4.79 Å². The molecule has 1 aromatic rings. The SMILES string of the molecule is CNCCOCCOCCOCCNC(=O)Cc1ccc(SSC(C)OCCCCNC(=O)NCC#CC(C)C)cc1. The predicted molar refractivity (Wildman–Crippen MR) is 172 cm³/mol. The maximum Gasteiger partial charge on any atom is 0.315 e. The van der Waals surface area contributed by atoms with Gasteiger partial charge in [-0.25, -0.2) is 4.79 Å². The number of ether oxygens (including phenoxy) is 4. The minimum Gasteiger partial charge on any atom is -0.378 e. The third-order valence-corrected chi connectivity index (χ3v) is 7.96. The molecule has 0 bridgehead atoms. The second-order valence-electron chi connectivity index (χ2n) is 9.52. The Morgan fingerprint density at radius 3 is 2.14 bits per heavy atom. The minimum absolute atomic E-state index is 0.0304.